The van der Waals surface area contributed by atoms with E-state index < -0.39 is 0 Å². The predicted octanol–water partition coefficient (Wildman–Crippen LogP) is 1.24. The van der Waals surface area contributed by atoms with Gasteiger partial charge in [-0.15, -0.1) is 0 Å². The van der Waals surface area contributed by atoms with E-state index in [2.05, 4.69) is 31.3 Å². The molecule has 0 bridgehead atoms. The second kappa shape index (κ2) is 2.70. The summed E-state index contributed by atoms with van der Waals surface area (Å²) in [7, 11) is 1.79. The Balaban J connectivity index is 3.52. The van der Waals surface area contributed by atoms with Gasteiger partial charge in [0.2, 0.25) is 0 Å². The van der Waals surface area contributed by atoms with Gasteiger partial charge in [-0.3, -0.25) is 0 Å². The van der Waals surface area contributed by atoms with Crippen LogP contribution in [0, 0.1) is 5.41 Å². The van der Waals surface area contributed by atoms with Crippen LogP contribution in [-0.4, -0.2) is 13.3 Å². The Morgan fingerprint density at radius 1 is 1.38 bits per heavy atom. The van der Waals surface area contributed by atoms with Crippen LogP contribution in [0.1, 0.15) is 20.8 Å². The molecule has 0 aliphatic heterocycles. The number of hydrogen-bond donors (Lipinski definition) is 1. The van der Waals surface area contributed by atoms with Crippen LogP contribution in [0.4, 0.5) is 0 Å². The van der Waals surface area contributed by atoms with Crippen LogP contribution in [0.2, 0.25) is 0 Å². The van der Waals surface area contributed by atoms with Gasteiger partial charge in [0.05, 0.1) is 0 Å². The molecule has 8 heavy (non-hydrogen) atoms. The number of hydrazone groups is 1. The summed E-state index contributed by atoms with van der Waals surface area (Å²) in [6.45, 7) is 6.32. The van der Waals surface area contributed by atoms with Gasteiger partial charge in [0.25, 0.3) is 0 Å². The van der Waals surface area contributed by atoms with Gasteiger partial charge < -0.3 is 5.43 Å². The fourth-order valence-electron chi connectivity index (χ4n) is 0.258. The first-order chi connectivity index (χ1) is 3.56. The zero-order chi connectivity index (χ0) is 6.62. The molecule has 1 N–H and O–H groups in total. The van der Waals surface area contributed by atoms with Gasteiger partial charge in [-0.05, 0) is 5.41 Å². The number of nitrogens with one attached hydrogen (secondary N) is 1. The fourth-order valence-corrected chi connectivity index (χ4v) is 0.258. The monoisotopic (exact) mass is 114 g/mol. The molecule has 0 aliphatic carbocycles. The van der Waals surface area contributed by atoms with Crippen LogP contribution < -0.4 is 5.43 Å². The van der Waals surface area contributed by atoms with E-state index in [4.69, 9.17) is 0 Å². The minimum absolute atomic E-state index is 0.197. The molecule has 48 valence electrons. The largest absolute Gasteiger partial charge is 0.313 e. The van der Waals surface area contributed by atoms with E-state index in [-0.39, 0.29) is 5.41 Å². The Labute approximate surface area is 51.0 Å². The molecule has 0 unspecified atom stereocenters. The van der Waals surface area contributed by atoms with Gasteiger partial charge >= 0.3 is 0 Å². The molecule has 0 aromatic rings. The third-order valence-electron chi connectivity index (χ3n) is 0.581. The lowest BCUT2D eigenvalue weighted by Crippen LogP contribution is -2.09. The number of hydrogen-bond acceptors (Lipinski definition) is 2. The summed E-state index contributed by atoms with van der Waals surface area (Å²) < 4.78 is 0. The van der Waals surface area contributed by atoms with Crippen molar-refractivity contribution >= 4 is 6.21 Å². The van der Waals surface area contributed by atoms with Gasteiger partial charge in [0.1, 0.15) is 0 Å². The summed E-state index contributed by atoms with van der Waals surface area (Å²) in [6.07, 6.45) is 1.88. The van der Waals surface area contributed by atoms with Crippen LogP contribution in [-0.2, 0) is 0 Å². The highest BCUT2D eigenvalue weighted by Gasteiger charge is 2.03. The number of rotatable bonds is 1. The lowest BCUT2D eigenvalue weighted by atomic mass is 9.99. The highest BCUT2D eigenvalue weighted by Crippen LogP contribution is 2.07. The van der Waals surface area contributed by atoms with E-state index in [1.54, 1.807) is 7.05 Å². The summed E-state index contributed by atoms with van der Waals surface area (Å²) in [6, 6.07) is 0. The van der Waals surface area contributed by atoms with Gasteiger partial charge in [0, 0.05) is 13.3 Å². The number of nitrogens with zero attached hydrogens (tertiary/aromatic N) is 1. The molecule has 0 spiro atoms. The Hall–Kier alpha value is -0.530. The zero-order valence-corrected chi connectivity index (χ0v) is 6.02. The SMILES string of the molecule is CN/N=C\C(C)(C)C. The second-order valence-electron chi connectivity index (χ2n) is 2.85. The quantitative estimate of drug-likeness (QED) is 0.402. The van der Waals surface area contributed by atoms with Crippen molar-refractivity contribution in [3.63, 3.8) is 0 Å². The molecule has 2 nitrogen and oxygen atoms in total. The van der Waals surface area contributed by atoms with Crippen LogP contribution in [0.15, 0.2) is 5.10 Å². The van der Waals surface area contributed by atoms with Crippen LogP contribution >= 0.6 is 0 Å². The van der Waals surface area contributed by atoms with E-state index in [0.29, 0.717) is 0 Å². The third kappa shape index (κ3) is 5.47. The molecule has 0 radical (unpaired) electrons. The fraction of sp³-hybridized carbons (Fsp3) is 0.833. The molecule has 2 heteroatoms. The van der Waals surface area contributed by atoms with Gasteiger partial charge in [-0.1, -0.05) is 20.8 Å². The minimum atomic E-state index is 0.197. The molecule has 0 heterocycles. The van der Waals surface area contributed by atoms with Crippen molar-refractivity contribution in [2.45, 2.75) is 20.8 Å². The standard InChI is InChI=1S/C6H14N2/c1-6(2,3)5-8-7-4/h5,7H,1-4H3/b8-5-. The Kier molecular flexibility index (Phi) is 2.52. The van der Waals surface area contributed by atoms with E-state index in [1.807, 2.05) is 6.21 Å². The Bertz CT molecular complexity index is 79.0. The third-order valence-corrected chi connectivity index (χ3v) is 0.581. The topological polar surface area (TPSA) is 24.4 Å². The normalized spacial score (nSPS) is 12.5. The Morgan fingerprint density at radius 3 is 2.00 bits per heavy atom. The summed E-state index contributed by atoms with van der Waals surface area (Å²) in [4.78, 5) is 0. The first kappa shape index (κ1) is 7.47. The molecule has 0 fully saturated rings. The molecule has 0 aromatic heterocycles. The van der Waals surface area contributed by atoms with Crippen molar-refractivity contribution in [1.82, 2.24) is 5.43 Å². The maximum absolute atomic E-state index is 3.87. The summed E-state index contributed by atoms with van der Waals surface area (Å²) >= 11 is 0. The predicted molar refractivity (Wildman–Crippen MR) is 37.0 cm³/mol. The van der Waals surface area contributed by atoms with Crippen molar-refractivity contribution in [2.75, 3.05) is 7.05 Å². The summed E-state index contributed by atoms with van der Waals surface area (Å²) in [5.41, 5.74) is 2.89. The lowest BCUT2D eigenvalue weighted by molar-refractivity contribution is 0.600. The van der Waals surface area contributed by atoms with E-state index in [9.17, 15) is 0 Å². The van der Waals surface area contributed by atoms with Crippen molar-refractivity contribution in [1.29, 1.82) is 0 Å². The first-order valence-corrected chi connectivity index (χ1v) is 2.77. The van der Waals surface area contributed by atoms with E-state index in [0.717, 1.165) is 0 Å². The van der Waals surface area contributed by atoms with Gasteiger partial charge in [-0.25, -0.2) is 0 Å². The molecule has 0 rings (SSSR count). The molecule has 0 saturated heterocycles. The molecule has 0 aromatic carbocycles. The smallest absolute Gasteiger partial charge is 0.0296 e. The van der Waals surface area contributed by atoms with Crippen molar-refractivity contribution in [3.8, 4) is 0 Å². The molecule has 0 atom stereocenters. The summed E-state index contributed by atoms with van der Waals surface area (Å²) in [5, 5.41) is 3.87. The maximum atomic E-state index is 3.87. The van der Waals surface area contributed by atoms with Crippen LogP contribution in [0.25, 0.3) is 0 Å². The van der Waals surface area contributed by atoms with Crippen molar-refractivity contribution in [2.24, 2.45) is 10.5 Å². The highest BCUT2D eigenvalue weighted by atomic mass is 15.3. The molecule has 0 amide bonds. The average Bonchev–Trinajstić information content (AvgIpc) is 1.59. The van der Waals surface area contributed by atoms with Crippen LogP contribution in [0.5, 0.6) is 0 Å². The molecule has 0 saturated carbocycles. The van der Waals surface area contributed by atoms with Crippen molar-refractivity contribution in [3.05, 3.63) is 0 Å². The molecular weight excluding hydrogens is 100 g/mol. The molecule has 0 aliphatic rings. The highest BCUT2D eigenvalue weighted by molar-refractivity contribution is 5.63. The van der Waals surface area contributed by atoms with Gasteiger partial charge in [0.15, 0.2) is 0 Å². The maximum Gasteiger partial charge on any atom is 0.0296 e. The molecular formula is C6H14N2. The van der Waals surface area contributed by atoms with Crippen LogP contribution in [0.3, 0.4) is 0 Å². The lowest BCUT2D eigenvalue weighted by Gasteiger charge is -2.08. The van der Waals surface area contributed by atoms with E-state index >= 15 is 0 Å². The van der Waals surface area contributed by atoms with E-state index in [1.165, 1.54) is 0 Å². The zero-order valence-electron chi connectivity index (χ0n) is 6.02. The minimum Gasteiger partial charge on any atom is -0.313 e. The average molecular weight is 114 g/mol. The second-order valence-corrected chi connectivity index (χ2v) is 2.85. The van der Waals surface area contributed by atoms with Gasteiger partial charge in [-0.2, -0.15) is 5.10 Å². The Morgan fingerprint density at radius 2 is 1.88 bits per heavy atom. The van der Waals surface area contributed by atoms with Crippen molar-refractivity contribution < 1.29 is 0 Å². The first-order valence-electron chi connectivity index (χ1n) is 2.77. The summed E-state index contributed by atoms with van der Waals surface area (Å²) in [5.74, 6) is 0.